The highest BCUT2D eigenvalue weighted by atomic mass is 79.9. The number of benzene rings is 4. The molecule has 12 heteroatoms. The van der Waals surface area contributed by atoms with Crippen LogP contribution in [0.5, 0.6) is 11.5 Å². The third kappa shape index (κ3) is 4.38. The summed E-state index contributed by atoms with van der Waals surface area (Å²) in [5, 5.41) is 11.2. The quantitative estimate of drug-likeness (QED) is 0.182. The second kappa shape index (κ2) is 11.5. The zero-order valence-electron chi connectivity index (χ0n) is 26.0. The lowest BCUT2D eigenvalue weighted by molar-refractivity contribution is -0.124. The predicted molar refractivity (Wildman–Crippen MR) is 187 cm³/mol. The molecule has 3 aliphatic rings. The van der Waals surface area contributed by atoms with Crippen LogP contribution in [0.15, 0.2) is 123 Å². The minimum absolute atomic E-state index is 0.0578. The minimum Gasteiger partial charge on any atom is -0.503 e. The van der Waals surface area contributed by atoms with E-state index in [1.54, 1.807) is 66.7 Å². The summed E-state index contributed by atoms with van der Waals surface area (Å²) in [5.74, 6) is -2.65. The van der Waals surface area contributed by atoms with Crippen LogP contribution in [0.2, 0.25) is 5.02 Å². The Morgan fingerprint density at radius 1 is 0.878 bits per heavy atom. The van der Waals surface area contributed by atoms with Crippen molar-refractivity contribution < 1.29 is 19.4 Å². The summed E-state index contributed by atoms with van der Waals surface area (Å²) < 4.78 is 9.83. The number of methoxy groups -OCH3 is 1. The molecule has 0 radical (unpaired) electrons. The van der Waals surface area contributed by atoms with Gasteiger partial charge in [-0.3, -0.25) is 9.59 Å². The molecular weight excluding hydrogens is 712 g/mol. The van der Waals surface area contributed by atoms with E-state index in [1.807, 2.05) is 36.4 Å². The number of phenols is 1. The molecule has 1 aromatic heterocycles. The van der Waals surface area contributed by atoms with Crippen LogP contribution in [0.1, 0.15) is 29.5 Å². The summed E-state index contributed by atoms with van der Waals surface area (Å²) in [6.45, 7) is 0.0578. The Bertz CT molecular complexity index is 2330. The van der Waals surface area contributed by atoms with Crippen molar-refractivity contribution >= 4 is 45.0 Å². The maximum absolute atomic E-state index is 15.3. The number of carbonyl (C=O) groups excluding carboxylic acids is 2. The van der Waals surface area contributed by atoms with Gasteiger partial charge in [0.15, 0.2) is 11.5 Å². The average Bonchev–Trinajstić information content (AvgIpc) is 3.50. The number of amides is 2. The van der Waals surface area contributed by atoms with Gasteiger partial charge in [0.1, 0.15) is 0 Å². The van der Waals surface area contributed by atoms with Crippen LogP contribution in [-0.2, 0) is 21.5 Å². The molecule has 8 rings (SSSR count). The molecule has 246 valence electrons. The summed E-state index contributed by atoms with van der Waals surface area (Å²) in [5.41, 5.74) is 0.0958. The Morgan fingerprint density at radius 2 is 1.57 bits per heavy atom. The van der Waals surface area contributed by atoms with E-state index < -0.39 is 46.5 Å². The molecule has 1 aliphatic carbocycles. The lowest BCUT2D eigenvalue weighted by Gasteiger charge is -2.49. The molecule has 4 aromatic carbocycles. The standard InChI is InChI=1S/C37H28BrClN4O6/c1-49-30-18-21(17-28(38)32(30)44)31-26-15-16-40-35(47)42(24-12-6-3-7-13-24)36(48)43(40)29(26)20-27-33(45)41(25-14-8-11-23(39)19-25)34(46)37(27,31)22-9-4-2-5-10-22/h2-15,17-19,27,29,31,44H,16,20H2,1H3/t27-,29+,31-,37+/m0/s1. The number of phenolic OH excluding ortho intramolecular Hbond substituents is 1. The first-order chi connectivity index (χ1) is 23.7. The van der Waals surface area contributed by atoms with E-state index in [9.17, 15) is 19.5 Å². The molecular formula is C37H28BrClN4O6. The molecule has 0 spiro atoms. The van der Waals surface area contributed by atoms with Gasteiger partial charge in [-0.2, -0.15) is 0 Å². The summed E-state index contributed by atoms with van der Waals surface area (Å²) >= 11 is 9.85. The number of imide groups is 1. The number of carbonyl (C=O) groups is 2. The van der Waals surface area contributed by atoms with Crippen LogP contribution < -0.4 is 21.0 Å². The van der Waals surface area contributed by atoms with E-state index in [0.29, 0.717) is 37.6 Å². The smallest absolute Gasteiger partial charge is 0.352 e. The summed E-state index contributed by atoms with van der Waals surface area (Å²) in [6.07, 6.45) is 1.95. The molecule has 3 heterocycles. The molecule has 1 N–H and O–H groups in total. The molecule has 0 unspecified atom stereocenters. The summed E-state index contributed by atoms with van der Waals surface area (Å²) in [6, 6.07) is 27.1. The van der Waals surface area contributed by atoms with Crippen molar-refractivity contribution in [3.05, 3.63) is 150 Å². The van der Waals surface area contributed by atoms with Gasteiger partial charge < -0.3 is 9.84 Å². The minimum atomic E-state index is -1.49. The summed E-state index contributed by atoms with van der Waals surface area (Å²) in [7, 11) is 1.43. The molecule has 2 aliphatic heterocycles. The van der Waals surface area contributed by atoms with Crippen molar-refractivity contribution in [1.82, 2.24) is 13.9 Å². The van der Waals surface area contributed by atoms with Crippen LogP contribution in [0.25, 0.3) is 5.69 Å². The number of aromatic nitrogens is 3. The second-order valence-electron chi connectivity index (χ2n) is 12.4. The van der Waals surface area contributed by atoms with Gasteiger partial charge in [-0.05, 0) is 81.5 Å². The highest BCUT2D eigenvalue weighted by molar-refractivity contribution is 9.10. The van der Waals surface area contributed by atoms with Gasteiger partial charge >= 0.3 is 11.4 Å². The van der Waals surface area contributed by atoms with Crippen molar-refractivity contribution in [2.75, 3.05) is 12.0 Å². The van der Waals surface area contributed by atoms with E-state index in [4.69, 9.17) is 16.3 Å². The number of aromatic hydroxyl groups is 1. The van der Waals surface area contributed by atoms with E-state index in [1.165, 1.54) is 21.4 Å². The number of hydrogen-bond acceptors (Lipinski definition) is 6. The third-order valence-electron chi connectivity index (χ3n) is 10.0. The zero-order chi connectivity index (χ0) is 34.2. The van der Waals surface area contributed by atoms with Crippen molar-refractivity contribution in [1.29, 1.82) is 0 Å². The highest BCUT2D eigenvalue weighted by Gasteiger charge is 2.68. The average molecular weight is 740 g/mol. The van der Waals surface area contributed by atoms with Crippen LogP contribution in [0.4, 0.5) is 5.69 Å². The van der Waals surface area contributed by atoms with Gasteiger partial charge in [0.05, 0.1) is 46.9 Å². The van der Waals surface area contributed by atoms with Crippen LogP contribution in [0, 0.1) is 5.92 Å². The van der Waals surface area contributed by atoms with Crippen molar-refractivity contribution in [2.45, 2.75) is 30.3 Å². The Morgan fingerprint density at radius 3 is 2.27 bits per heavy atom. The van der Waals surface area contributed by atoms with E-state index >= 15 is 4.79 Å². The largest absolute Gasteiger partial charge is 0.503 e. The molecule has 49 heavy (non-hydrogen) atoms. The lowest BCUT2D eigenvalue weighted by atomic mass is 9.53. The monoisotopic (exact) mass is 738 g/mol. The first-order valence-electron chi connectivity index (χ1n) is 15.6. The van der Waals surface area contributed by atoms with Gasteiger partial charge in [0, 0.05) is 10.9 Å². The van der Waals surface area contributed by atoms with Gasteiger partial charge in [0.25, 0.3) is 0 Å². The number of para-hydroxylation sites is 1. The Balaban J connectivity index is 1.44. The molecule has 4 atom stereocenters. The van der Waals surface area contributed by atoms with E-state index in [0.717, 1.165) is 4.57 Å². The van der Waals surface area contributed by atoms with Gasteiger partial charge in [0.2, 0.25) is 11.8 Å². The van der Waals surface area contributed by atoms with Gasteiger partial charge in [-0.25, -0.2) is 28.4 Å². The fourth-order valence-corrected chi connectivity index (χ4v) is 8.74. The molecule has 2 fully saturated rings. The van der Waals surface area contributed by atoms with Crippen LogP contribution >= 0.6 is 27.5 Å². The topological polar surface area (TPSA) is 116 Å². The number of allylic oxidation sites excluding steroid dienone is 2. The maximum Gasteiger partial charge on any atom is 0.352 e. The van der Waals surface area contributed by atoms with Crippen LogP contribution in [0.3, 0.4) is 0 Å². The number of ether oxygens (including phenoxy) is 1. The zero-order valence-corrected chi connectivity index (χ0v) is 28.3. The second-order valence-corrected chi connectivity index (χ2v) is 13.6. The number of nitrogens with zero attached hydrogens (tertiary/aromatic N) is 4. The van der Waals surface area contributed by atoms with Crippen LogP contribution in [-0.4, -0.2) is 38.0 Å². The first kappa shape index (κ1) is 31.2. The van der Waals surface area contributed by atoms with Gasteiger partial charge in [-0.1, -0.05) is 72.3 Å². The SMILES string of the molecule is COc1cc([C@H]2C3=CCn4c(=O)n(-c5ccccc5)c(=O)n4[C@@H]3C[C@H]3C(=O)N(c4cccc(Cl)c4)C(=O)[C@@]23c2ccccc2)cc(Br)c1O. The van der Waals surface area contributed by atoms with Crippen molar-refractivity contribution in [3.8, 4) is 17.2 Å². The number of fused-ring (bicyclic) bond motifs is 4. The number of rotatable bonds is 5. The maximum atomic E-state index is 15.3. The van der Waals surface area contributed by atoms with E-state index in [-0.39, 0.29) is 24.5 Å². The first-order valence-corrected chi connectivity index (χ1v) is 16.8. The number of hydrogen-bond donors (Lipinski definition) is 1. The normalized spacial score (nSPS) is 22.7. The Hall–Kier alpha value is -5.13. The molecule has 1 saturated heterocycles. The molecule has 1 saturated carbocycles. The van der Waals surface area contributed by atoms with Gasteiger partial charge in [-0.15, -0.1) is 0 Å². The highest BCUT2D eigenvalue weighted by Crippen LogP contribution is 2.63. The molecule has 10 nitrogen and oxygen atoms in total. The third-order valence-corrected chi connectivity index (χ3v) is 10.9. The van der Waals surface area contributed by atoms with E-state index in [2.05, 4.69) is 15.9 Å². The van der Waals surface area contributed by atoms with Crippen molar-refractivity contribution in [2.24, 2.45) is 5.92 Å². The van der Waals surface area contributed by atoms with Crippen molar-refractivity contribution in [3.63, 3.8) is 0 Å². The fraction of sp³-hybridized carbons (Fsp3) is 0.189. The Kier molecular flexibility index (Phi) is 7.31. The fourth-order valence-electron chi connectivity index (χ4n) is 8.09. The summed E-state index contributed by atoms with van der Waals surface area (Å²) in [4.78, 5) is 59.4. The molecule has 5 aromatic rings. The number of anilines is 1. The number of halogens is 2. The predicted octanol–water partition coefficient (Wildman–Crippen LogP) is 5.73. The lowest BCUT2D eigenvalue weighted by Crippen LogP contribution is -2.53. The molecule has 0 bridgehead atoms. The molecule has 2 amide bonds. The Labute approximate surface area is 293 Å².